The summed E-state index contributed by atoms with van der Waals surface area (Å²) in [6.07, 6.45) is 2.10. The second kappa shape index (κ2) is 9.28. The minimum Gasteiger partial charge on any atom is -0.497 e. The molecular weight excluding hydrogens is 372 g/mol. The lowest BCUT2D eigenvalue weighted by atomic mass is 9.82. The van der Waals surface area contributed by atoms with Gasteiger partial charge in [0.15, 0.2) is 0 Å². The van der Waals surface area contributed by atoms with Gasteiger partial charge in [-0.05, 0) is 74.2 Å². The molecule has 1 N–H and O–H groups in total. The molecule has 2 aromatic rings. The van der Waals surface area contributed by atoms with Crippen LogP contribution in [0.5, 0.6) is 17.2 Å². The number of aliphatic carboxylic acids is 1. The molecule has 6 heteroatoms. The molecular formula is C23H24O6. The number of ether oxygens (including phenoxy) is 3. The Labute approximate surface area is 169 Å². The topological polar surface area (TPSA) is 82.1 Å². The summed E-state index contributed by atoms with van der Waals surface area (Å²) in [6, 6.07) is 14.1. The van der Waals surface area contributed by atoms with Crippen molar-refractivity contribution in [2.75, 3.05) is 7.11 Å². The first-order valence-corrected chi connectivity index (χ1v) is 9.52. The van der Waals surface area contributed by atoms with Gasteiger partial charge < -0.3 is 19.3 Å². The van der Waals surface area contributed by atoms with Crippen LogP contribution in [0, 0.1) is 11.8 Å². The molecule has 1 aliphatic carbocycles. The summed E-state index contributed by atoms with van der Waals surface area (Å²) in [5, 5.41) is 9.04. The number of benzene rings is 2. The molecule has 1 saturated carbocycles. The zero-order valence-corrected chi connectivity index (χ0v) is 16.3. The summed E-state index contributed by atoms with van der Waals surface area (Å²) in [4.78, 5) is 23.3. The Hall–Kier alpha value is -3.28. The van der Waals surface area contributed by atoms with Crippen LogP contribution < -0.4 is 14.2 Å². The number of carbonyl (C=O) groups excluding carboxylic acids is 1. The third-order valence-corrected chi connectivity index (χ3v) is 5.10. The average Bonchev–Trinajstić information content (AvgIpc) is 2.75. The molecule has 152 valence electrons. The second-order valence-corrected chi connectivity index (χ2v) is 7.03. The van der Waals surface area contributed by atoms with Crippen LogP contribution >= 0.6 is 0 Å². The zero-order valence-electron chi connectivity index (χ0n) is 16.3. The van der Waals surface area contributed by atoms with Crippen molar-refractivity contribution in [3.8, 4) is 17.2 Å². The quantitative estimate of drug-likeness (QED) is 0.420. The number of carbonyl (C=O) groups is 2. The molecule has 0 aromatic heterocycles. The van der Waals surface area contributed by atoms with Crippen molar-refractivity contribution >= 4 is 17.7 Å². The number of hydrogen-bond acceptors (Lipinski definition) is 5. The van der Waals surface area contributed by atoms with Crippen LogP contribution in [0.3, 0.4) is 0 Å². The summed E-state index contributed by atoms with van der Waals surface area (Å²) in [6.45, 7) is 3.94. The first kappa shape index (κ1) is 20.5. The van der Waals surface area contributed by atoms with Crippen molar-refractivity contribution < 1.29 is 28.9 Å². The van der Waals surface area contributed by atoms with Crippen molar-refractivity contribution in [2.45, 2.75) is 25.7 Å². The first-order chi connectivity index (χ1) is 14.0. The third kappa shape index (κ3) is 5.38. The summed E-state index contributed by atoms with van der Waals surface area (Å²) >= 11 is 0. The Morgan fingerprint density at radius 3 is 1.83 bits per heavy atom. The predicted molar refractivity (Wildman–Crippen MR) is 108 cm³/mol. The first-order valence-electron chi connectivity index (χ1n) is 9.52. The highest BCUT2D eigenvalue weighted by Crippen LogP contribution is 2.31. The van der Waals surface area contributed by atoms with Crippen LogP contribution in [-0.2, 0) is 9.59 Å². The van der Waals surface area contributed by atoms with Gasteiger partial charge in [0.05, 0.1) is 18.9 Å². The number of rotatable bonds is 7. The van der Waals surface area contributed by atoms with Crippen LogP contribution in [0.1, 0.15) is 31.2 Å². The fraction of sp³-hybridized carbons (Fsp3) is 0.304. The van der Waals surface area contributed by atoms with E-state index in [1.165, 1.54) is 0 Å². The van der Waals surface area contributed by atoms with Gasteiger partial charge in [-0.15, -0.1) is 0 Å². The monoisotopic (exact) mass is 396 g/mol. The molecule has 3 rings (SSSR count). The minimum absolute atomic E-state index is 0.253. The Bertz CT molecular complexity index is 861. The molecule has 1 aliphatic rings. The van der Waals surface area contributed by atoms with E-state index in [-0.39, 0.29) is 17.8 Å². The predicted octanol–water partition coefficient (Wildman–Crippen LogP) is 4.54. The van der Waals surface area contributed by atoms with E-state index in [0.717, 1.165) is 11.3 Å². The van der Waals surface area contributed by atoms with E-state index >= 15 is 0 Å². The van der Waals surface area contributed by atoms with E-state index in [1.54, 1.807) is 31.4 Å². The van der Waals surface area contributed by atoms with Gasteiger partial charge in [-0.25, -0.2) is 0 Å². The number of carboxylic acids is 1. The van der Waals surface area contributed by atoms with Gasteiger partial charge >= 0.3 is 11.9 Å². The highest BCUT2D eigenvalue weighted by molar-refractivity contribution is 5.76. The lowest BCUT2D eigenvalue weighted by Gasteiger charge is -2.24. The SMILES string of the molecule is C=C(Oc1ccc(OC(=O)C2CCC(C(=O)O)CC2)cc1)c1ccc(OC)cc1. The molecule has 0 amide bonds. The Morgan fingerprint density at radius 1 is 0.828 bits per heavy atom. The molecule has 0 aliphatic heterocycles. The third-order valence-electron chi connectivity index (χ3n) is 5.10. The smallest absolute Gasteiger partial charge is 0.314 e. The molecule has 0 bridgehead atoms. The maximum atomic E-state index is 12.3. The molecule has 0 unspecified atom stereocenters. The second-order valence-electron chi connectivity index (χ2n) is 7.03. The van der Waals surface area contributed by atoms with Gasteiger partial charge in [0.1, 0.15) is 23.0 Å². The Kier molecular flexibility index (Phi) is 6.54. The molecule has 2 aromatic carbocycles. The maximum absolute atomic E-state index is 12.3. The molecule has 0 radical (unpaired) electrons. The average molecular weight is 396 g/mol. The normalized spacial score (nSPS) is 18.5. The summed E-state index contributed by atoms with van der Waals surface area (Å²) in [7, 11) is 1.61. The van der Waals surface area contributed by atoms with Crippen molar-refractivity contribution in [2.24, 2.45) is 11.8 Å². The highest BCUT2D eigenvalue weighted by atomic mass is 16.5. The van der Waals surface area contributed by atoms with Gasteiger partial charge in [-0.1, -0.05) is 6.58 Å². The Morgan fingerprint density at radius 2 is 1.31 bits per heavy atom. The molecule has 1 fully saturated rings. The highest BCUT2D eigenvalue weighted by Gasteiger charge is 2.30. The number of hydrogen-bond donors (Lipinski definition) is 1. The fourth-order valence-electron chi connectivity index (χ4n) is 3.33. The number of carboxylic acid groups (broad SMARTS) is 1. The van der Waals surface area contributed by atoms with E-state index in [0.29, 0.717) is 42.9 Å². The van der Waals surface area contributed by atoms with E-state index in [9.17, 15) is 9.59 Å². The van der Waals surface area contributed by atoms with Gasteiger partial charge in [0, 0.05) is 5.56 Å². The van der Waals surface area contributed by atoms with Crippen molar-refractivity contribution in [1.82, 2.24) is 0 Å². The molecule has 0 saturated heterocycles. The number of methoxy groups -OCH3 is 1. The van der Waals surface area contributed by atoms with Gasteiger partial charge in [-0.2, -0.15) is 0 Å². The lowest BCUT2D eigenvalue weighted by Crippen LogP contribution is -2.28. The van der Waals surface area contributed by atoms with Crippen molar-refractivity contribution in [1.29, 1.82) is 0 Å². The summed E-state index contributed by atoms with van der Waals surface area (Å²) in [5.74, 6) is 0.543. The standard InChI is InChI=1S/C23H24O6/c1-15(16-7-9-19(27-2)10-8-16)28-20-11-13-21(14-12-20)29-23(26)18-5-3-17(4-6-18)22(24)25/h7-14,17-18H,1,3-6H2,2H3,(H,24,25). The summed E-state index contributed by atoms with van der Waals surface area (Å²) < 4.78 is 16.3. The van der Waals surface area contributed by atoms with E-state index in [4.69, 9.17) is 19.3 Å². The van der Waals surface area contributed by atoms with Crippen LogP contribution in [-0.4, -0.2) is 24.2 Å². The minimum atomic E-state index is -0.788. The molecule has 0 atom stereocenters. The van der Waals surface area contributed by atoms with Gasteiger partial charge in [0.2, 0.25) is 0 Å². The number of esters is 1. The van der Waals surface area contributed by atoms with Crippen molar-refractivity contribution in [3.63, 3.8) is 0 Å². The van der Waals surface area contributed by atoms with Crippen LogP contribution in [0.15, 0.2) is 55.1 Å². The van der Waals surface area contributed by atoms with Crippen LogP contribution in [0.25, 0.3) is 5.76 Å². The summed E-state index contributed by atoms with van der Waals surface area (Å²) in [5.41, 5.74) is 0.832. The van der Waals surface area contributed by atoms with Gasteiger partial charge in [0.25, 0.3) is 0 Å². The molecule has 0 heterocycles. The zero-order chi connectivity index (χ0) is 20.8. The van der Waals surface area contributed by atoms with Crippen LogP contribution in [0.2, 0.25) is 0 Å². The van der Waals surface area contributed by atoms with E-state index in [1.807, 2.05) is 24.3 Å². The Balaban J connectivity index is 1.52. The lowest BCUT2D eigenvalue weighted by molar-refractivity contribution is -0.146. The molecule has 29 heavy (non-hydrogen) atoms. The van der Waals surface area contributed by atoms with Crippen LogP contribution in [0.4, 0.5) is 0 Å². The largest absolute Gasteiger partial charge is 0.497 e. The van der Waals surface area contributed by atoms with E-state index in [2.05, 4.69) is 6.58 Å². The maximum Gasteiger partial charge on any atom is 0.314 e. The van der Waals surface area contributed by atoms with Crippen molar-refractivity contribution in [3.05, 3.63) is 60.7 Å². The fourth-order valence-corrected chi connectivity index (χ4v) is 3.33. The molecule has 6 nitrogen and oxygen atoms in total. The molecule has 0 spiro atoms. The van der Waals surface area contributed by atoms with E-state index < -0.39 is 5.97 Å². The van der Waals surface area contributed by atoms with Gasteiger partial charge in [-0.3, -0.25) is 9.59 Å².